The Balaban J connectivity index is 1.99. The fraction of sp³-hybridized carbons (Fsp3) is 0.615. The molecule has 1 amide bonds. The fourth-order valence-electron chi connectivity index (χ4n) is 2.63. The van der Waals surface area contributed by atoms with E-state index in [-0.39, 0.29) is 11.2 Å². The predicted octanol–water partition coefficient (Wildman–Crippen LogP) is 0.862. The zero-order valence-corrected chi connectivity index (χ0v) is 11.5. The first-order valence-corrected chi connectivity index (χ1v) is 6.58. The minimum atomic E-state index is -0.556. The van der Waals surface area contributed by atoms with Crippen molar-refractivity contribution in [2.24, 2.45) is 5.73 Å². The third-order valence-corrected chi connectivity index (χ3v) is 4.00. The fourth-order valence-corrected chi connectivity index (χ4v) is 2.63. The van der Waals surface area contributed by atoms with Crippen molar-refractivity contribution >= 4 is 11.7 Å². The van der Waals surface area contributed by atoms with E-state index in [0.717, 1.165) is 6.54 Å². The van der Waals surface area contributed by atoms with Gasteiger partial charge in [-0.1, -0.05) is 12.8 Å². The van der Waals surface area contributed by atoms with Crippen molar-refractivity contribution in [1.29, 1.82) is 0 Å². The van der Waals surface area contributed by atoms with Crippen LogP contribution in [0.25, 0.3) is 0 Å². The van der Waals surface area contributed by atoms with Gasteiger partial charge in [-0.25, -0.2) is 0 Å². The number of likely N-dealkylation sites (N-methyl/N-ethyl adjacent to an activating group) is 1. The van der Waals surface area contributed by atoms with Crippen LogP contribution in [0.15, 0.2) is 12.1 Å². The average molecular weight is 263 g/mol. The van der Waals surface area contributed by atoms with E-state index in [9.17, 15) is 4.79 Å². The molecular formula is C13H21N5O. The van der Waals surface area contributed by atoms with Gasteiger partial charge in [-0.05, 0) is 39.1 Å². The highest BCUT2D eigenvalue weighted by molar-refractivity contribution is 5.90. The van der Waals surface area contributed by atoms with E-state index in [1.165, 1.54) is 25.7 Å². The number of amides is 1. The maximum atomic E-state index is 10.9. The van der Waals surface area contributed by atoms with Crippen LogP contribution >= 0.6 is 0 Å². The molecule has 0 aromatic carbocycles. The highest BCUT2D eigenvalue weighted by atomic mass is 16.1. The van der Waals surface area contributed by atoms with Gasteiger partial charge in [0.2, 0.25) is 0 Å². The van der Waals surface area contributed by atoms with E-state index in [1.807, 2.05) is 0 Å². The summed E-state index contributed by atoms with van der Waals surface area (Å²) in [5, 5.41) is 11.1. The maximum Gasteiger partial charge on any atom is 0.269 e. The molecule has 0 unspecified atom stereocenters. The summed E-state index contributed by atoms with van der Waals surface area (Å²) in [6, 6.07) is 3.33. The van der Waals surface area contributed by atoms with Gasteiger partial charge in [-0.3, -0.25) is 4.79 Å². The van der Waals surface area contributed by atoms with E-state index >= 15 is 0 Å². The minimum absolute atomic E-state index is 0.189. The van der Waals surface area contributed by atoms with E-state index in [2.05, 4.69) is 34.5 Å². The van der Waals surface area contributed by atoms with Gasteiger partial charge in [0.15, 0.2) is 5.69 Å². The molecule has 0 aliphatic heterocycles. The molecule has 1 aromatic heterocycles. The van der Waals surface area contributed by atoms with Gasteiger partial charge < -0.3 is 16.0 Å². The van der Waals surface area contributed by atoms with Crippen molar-refractivity contribution in [3.8, 4) is 0 Å². The molecule has 6 nitrogen and oxygen atoms in total. The lowest BCUT2D eigenvalue weighted by atomic mass is 9.96. The normalized spacial score (nSPS) is 17.6. The van der Waals surface area contributed by atoms with Crippen molar-refractivity contribution in [3.63, 3.8) is 0 Å². The van der Waals surface area contributed by atoms with E-state index in [1.54, 1.807) is 12.1 Å². The lowest BCUT2D eigenvalue weighted by molar-refractivity contribution is 0.0994. The van der Waals surface area contributed by atoms with Crippen molar-refractivity contribution < 1.29 is 4.79 Å². The Bertz CT molecular complexity index is 437. The predicted molar refractivity (Wildman–Crippen MR) is 73.9 cm³/mol. The molecule has 0 radical (unpaired) electrons. The molecule has 19 heavy (non-hydrogen) atoms. The lowest BCUT2D eigenvalue weighted by Crippen LogP contribution is -2.47. The monoisotopic (exact) mass is 263 g/mol. The van der Waals surface area contributed by atoms with Crippen LogP contribution in [0, 0.1) is 0 Å². The minimum Gasteiger partial charge on any atom is -0.367 e. The molecule has 6 heteroatoms. The third kappa shape index (κ3) is 3.01. The Hall–Kier alpha value is -1.69. The van der Waals surface area contributed by atoms with Crippen LogP contribution in [-0.4, -0.2) is 47.2 Å². The maximum absolute atomic E-state index is 10.9. The first-order valence-electron chi connectivity index (χ1n) is 6.58. The van der Waals surface area contributed by atoms with Crippen molar-refractivity contribution in [2.45, 2.75) is 31.2 Å². The van der Waals surface area contributed by atoms with Crippen LogP contribution in [0.1, 0.15) is 36.2 Å². The Labute approximate surface area is 113 Å². The van der Waals surface area contributed by atoms with Crippen LogP contribution in [0.5, 0.6) is 0 Å². The number of hydrogen-bond donors (Lipinski definition) is 2. The van der Waals surface area contributed by atoms with Crippen LogP contribution in [0.2, 0.25) is 0 Å². The summed E-state index contributed by atoms with van der Waals surface area (Å²) in [7, 11) is 4.24. The van der Waals surface area contributed by atoms with Crippen LogP contribution in [-0.2, 0) is 0 Å². The largest absolute Gasteiger partial charge is 0.367 e. The molecule has 0 bridgehead atoms. The number of nitrogens with two attached hydrogens (primary N) is 1. The summed E-state index contributed by atoms with van der Waals surface area (Å²) in [6.07, 6.45) is 4.93. The Morgan fingerprint density at radius 2 is 2.05 bits per heavy atom. The van der Waals surface area contributed by atoms with E-state index < -0.39 is 5.91 Å². The summed E-state index contributed by atoms with van der Waals surface area (Å²) in [4.78, 5) is 13.2. The second-order valence-electron chi connectivity index (χ2n) is 5.35. The molecule has 0 atom stereocenters. The number of aromatic nitrogens is 2. The quantitative estimate of drug-likeness (QED) is 0.823. The highest BCUT2D eigenvalue weighted by Crippen LogP contribution is 2.33. The van der Waals surface area contributed by atoms with Crippen molar-refractivity contribution in [3.05, 3.63) is 17.8 Å². The van der Waals surface area contributed by atoms with Crippen molar-refractivity contribution in [2.75, 3.05) is 26.0 Å². The van der Waals surface area contributed by atoms with Gasteiger partial charge >= 0.3 is 0 Å². The van der Waals surface area contributed by atoms with Crippen molar-refractivity contribution in [1.82, 2.24) is 15.1 Å². The van der Waals surface area contributed by atoms with Gasteiger partial charge in [0.25, 0.3) is 5.91 Å². The summed E-state index contributed by atoms with van der Waals surface area (Å²) in [6.45, 7) is 0.838. The summed E-state index contributed by atoms with van der Waals surface area (Å²) < 4.78 is 0. The molecule has 2 rings (SSSR count). The first-order chi connectivity index (χ1) is 9.03. The van der Waals surface area contributed by atoms with Gasteiger partial charge in [0, 0.05) is 12.1 Å². The molecule has 0 saturated heterocycles. The van der Waals surface area contributed by atoms with E-state index in [0.29, 0.717) is 5.82 Å². The zero-order valence-electron chi connectivity index (χ0n) is 11.5. The first kappa shape index (κ1) is 13.7. The van der Waals surface area contributed by atoms with Gasteiger partial charge in [-0.2, -0.15) is 0 Å². The number of nitrogens with one attached hydrogen (secondary N) is 1. The molecule has 0 spiro atoms. The molecule has 1 aliphatic rings. The molecule has 1 aliphatic carbocycles. The Morgan fingerprint density at radius 1 is 1.37 bits per heavy atom. The lowest BCUT2D eigenvalue weighted by Gasteiger charge is -2.36. The molecule has 1 heterocycles. The standard InChI is InChI=1S/C13H21N5O/c1-18(2)13(7-3-4-8-13)9-15-11-6-5-10(12(14)19)16-17-11/h5-6H,3-4,7-9H2,1-2H3,(H2,14,19)(H,15,17). The third-order valence-electron chi connectivity index (χ3n) is 4.00. The van der Waals surface area contributed by atoms with Crippen LogP contribution in [0.3, 0.4) is 0 Å². The average Bonchev–Trinajstić information content (AvgIpc) is 2.87. The smallest absolute Gasteiger partial charge is 0.269 e. The second kappa shape index (κ2) is 5.52. The summed E-state index contributed by atoms with van der Waals surface area (Å²) in [5.41, 5.74) is 5.52. The zero-order chi connectivity index (χ0) is 13.9. The summed E-state index contributed by atoms with van der Waals surface area (Å²) >= 11 is 0. The number of rotatable bonds is 5. The topological polar surface area (TPSA) is 84.1 Å². The SMILES string of the molecule is CN(C)C1(CNc2ccc(C(N)=O)nn2)CCCC1. The number of primary amides is 1. The molecule has 1 fully saturated rings. The molecule has 3 N–H and O–H groups in total. The number of hydrogen-bond acceptors (Lipinski definition) is 5. The van der Waals surface area contributed by atoms with E-state index in [4.69, 9.17) is 5.73 Å². The Kier molecular flexibility index (Phi) is 3.99. The van der Waals surface area contributed by atoms with Gasteiger partial charge in [-0.15, -0.1) is 10.2 Å². The molecular weight excluding hydrogens is 242 g/mol. The van der Waals surface area contributed by atoms with Crippen LogP contribution < -0.4 is 11.1 Å². The second-order valence-corrected chi connectivity index (χ2v) is 5.35. The number of anilines is 1. The summed E-state index contributed by atoms with van der Waals surface area (Å²) in [5.74, 6) is 0.123. The molecule has 1 aromatic rings. The number of carbonyl (C=O) groups excluding carboxylic acids is 1. The van der Waals surface area contributed by atoms with Crippen LogP contribution in [0.4, 0.5) is 5.82 Å². The molecule has 104 valence electrons. The Morgan fingerprint density at radius 3 is 2.53 bits per heavy atom. The molecule has 1 saturated carbocycles. The number of nitrogens with zero attached hydrogens (tertiary/aromatic N) is 3. The van der Waals surface area contributed by atoms with Gasteiger partial charge in [0.1, 0.15) is 5.82 Å². The van der Waals surface area contributed by atoms with Gasteiger partial charge in [0.05, 0.1) is 0 Å². The number of carbonyl (C=O) groups is 1. The highest BCUT2D eigenvalue weighted by Gasteiger charge is 2.35.